The van der Waals surface area contributed by atoms with Gasteiger partial charge in [-0.3, -0.25) is 9.89 Å². The summed E-state index contributed by atoms with van der Waals surface area (Å²) >= 11 is 5.88. The Morgan fingerprint density at radius 1 is 1.30 bits per heavy atom. The highest BCUT2D eigenvalue weighted by Crippen LogP contribution is 2.31. The number of aliphatic hydroxyl groups is 1. The Balaban J connectivity index is 1.53. The van der Waals surface area contributed by atoms with Crippen LogP contribution in [0.3, 0.4) is 0 Å². The van der Waals surface area contributed by atoms with Crippen molar-refractivity contribution >= 4 is 17.5 Å². The van der Waals surface area contributed by atoms with Crippen molar-refractivity contribution in [3.05, 3.63) is 52.8 Å². The number of piperidine rings is 1. The second-order valence-electron chi connectivity index (χ2n) is 5.97. The summed E-state index contributed by atoms with van der Waals surface area (Å²) in [5.74, 6) is 0.279. The van der Waals surface area contributed by atoms with Gasteiger partial charge >= 0.3 is 0 Å². The average molecular weight is 334 g/mol. The van der Waals surface area contributed by atoms with Gasteiger partial charge in [0.2, 0.25) is 5.91 Å². The first-order chi connectivity index (χ1) is 11.1. The van der Waals surface area contributed by atoms with Gasteiger partial charge < -0.3 is 10.0 Å². The zero-order valence-corrected chi connectivity index (χ0v) is 13.5. The second kappa shape index (κ2) is 7.15. The molecule has 1 aromatic carbocycles. The van der Waals surface area contributed by atoms with Crippen LogP contribution in [0.4, 0.5) is 0 Å². The van der Waals surface area contributed by atoms with Gasteiger partial charge in [-0.25, -0.2) is 0 Å². The van der Waals surface area contributed by atoms with E-state index < -0.39 is 6.10 Å². The molecule has 0 saturated carbocycles. The lowest BCUT2D eigenvalue weighted by atomic mass is 9.87. The van der Waals surface area contributed by atoms with E-state index >= 15 is 0 Å². The van der Waals surface area contributed by atoms with Gasteiger partial charge in [-0.15, -0.1) is 0 Å². The largest absolute Gasteiger partial charge is 0.388 e. The first kappa shape index (κ1) is 16.0. The first-order valence-electron chi connectivity index (χ1n) is 7.83. The van der Waals surface area contributed by atoms with E-state index in [9.17, 15) is 9.90 Å². The SMILES string of the molecule is O=C(Cc1ccn[nH]1)N1CCC(C(O)c2ccc(Cl)cc2)CC1. The van der Waals surface area contributed by atoms with Crippen LogP contribution in [0.25, 0.3) is 0 Å². The number of hydrogen-bond donors (Lipinski definition) is 2. The van der Waals surface area contributed by atoms with Crippen molar-refractivity contribution in [2.75, 3.05) is 13.1 Å². The summed E-state index contributed by atoms with van der Waals surface area (Å²) in [5.41, 5.74) is 1.72. The van der Waals surface area contributed by atoms with E-state index in [0.29, 0.717) is 24.5 Å². The fraction of sp³-hybridized carbons (Fsp3) is 0.412. The topological polar surface area (TPSA) is 69.2 Å². The number of carbonyl (C=O) groups is 1. The predicted octanol–water partition coefficient (Wildman–Crippen LogP) is 2.58. The van der Waals surface area contributed by atoms with Gasteiger partial charge in [-0.1, -0.05) is 23.7 Å². The van der Waals surface area contributed by atoms with Crippen LogP contribution in [0.15, 0.2) is 36.5 Å². The third kappa shape index (κ3) is 3.92. The summed E-state index contributed by atoms with van der Waals surface area (Å²) in [6.07, 6.45) is 3.11. The molecule has 1 aliphatic heterocycles. The number of amides is 1. The molecule has 1 fully saturated rings. The van der Waals surface area contributed by atoms with Crippen LogP contribution in [0, 0.1) is 5.92 Å². The summed E-state index contributed by atoms with van der Waals surface area (Å²) in [4.78, 5) is 14.1. The van der Waals surface area contributed by atoms with Gasteiger partial charge in [0.05, 0.1) is 12.5 Å². The molecule has 5 nitrogen and oxygen atoms in total. The smallest absolute Gasteiger partial charge is 0.228 e. The molecule has 3 rings (SSSR count). The molecule has 1 amide bonds. The van der Waals surface area contributed by atoms with Crippen LogP contribution in [-0.2, 0) is 11.2 Å². The maximum Gasteiger partial charge on any atom is 0.228 e. The van der Waals surface area contributed by atoms with Crippen LogP contribution in [0.1, 0.15) is 30.2 Å². The summed E-state index contributed by atoms with van der Waals surface area (Å²) in [6.45, 7) is 1.37. The highest BCUT2D eigenvalue weighted by Gasteiger charge is 2.28. The maximum atomic E-state index is 12.3. The van der Waals surface area contributed by atoms with Crippen LogP contribution in [0.5, 0.6) is 0 Å². The van der Waals surface area contributed by atoms with Gasteiger partial charge in [-0.2, -0.15) is 5.10 Å². The number of hydrogen-bond acceptors (Lipinski definition) is 3. The van der Waals surface area contributed by atoms with Crippen LogP contribution in [-0.4, -0.2) is 39.2 Å². The number of nitrogens with one attached hydrogen (secondary N) is 1. The van der Waals surface area contributed by atoms with Gasteiger partial charge in [0, 0.05) is 30.0 Å². The highest BCUT2D eigenvalue weighted by molar-refractivity contribution is 6.30. The van der Waals surface area contributed by atoms with Gasteiger partial charge in [0.15, 0.2) is 0 Å². The van der Waals surface area contributed by atoms with Gasteiger partial charge in [0.25, 0.3) is 0 Å². The van der Waals surface area contributed by atoms with Crippen molar-refractivity contribution in [1.29, 1.82) is 0 Å². The Morgan fingerprint density at radius 3 is 2.61 bits per heavy atom. The third-order valence-corrected chi connectivity index (χ3v) is 4.70. The lowest BCUT2D eigenvalue weighted by Crippen LogP contribution is -2.40. The molecule has 0 aliphatic carbocycles. The number of nitrogens with zero attached hydrogens (tertiary/aromatic N) is 2. The number of aromatic amines is 1. The van der Waals surface area contributed by atoms with E-state index in [1.807, 2.05) is 23.1 Å². The molecule has 0 bridgehead atoms. The standard InChI is InChI=1S/C17H20ClN3O2/c18-14-3-1-12(2-4-14)17(23)13-6-9-21(10-7-13)16(22)11-15-5-8-19-20-15/h1-5,8,13,17,23H,6-7,9-11H2,(H,19,20). The summed E-state index contributed by atoms with van der Waals surface area (Å²) in [7, 11) is 0. The van der Waals surface area contributed by atoms with Crippen molar-refractivity contribution in [3.63, 3.8) is 0 Å². The van der Waals surface area contributed by atoms with Crippen molar-refractivity contribution in [3.8, 4) is 0 Å². The molecule has 1 atom stereocenters. The van der Waals surface area contributed by atoms with Crippen molar-refractivity contribution < 1.29 is 9.90 Å². The summed E-state index contributed by atoms with van der Waals surface area (Å²) in [6, 6.07) is 9.13. The van der Waals surface area contributed by atoms with E-state index in [4.69, 9.17) is 11.6 Å². The Hall–Kier alpha value is -1.85. The molecule has 2 N–H and O–H groups in total. The van der Waals surface area contributed by atoms with Crippen molar-refractivity contribution in [2.45, 2.75) is 25.4 Å². The van der Waals surface area contributed by atoms with E-state index in [-0.39, 0.29) is 11.8 Å². The second-order valence-corrected chi connectivity index (χ2v) is 6.41. The quantitative estimate of drug-likeness (QED) is 0.903. The number of aliphatic hydroxyl groups excluding tert-OH is 1. The molecule has 23 heavy (non-hydrogen) atoms. The highest BCUT2D eigenvalue weighted by atomic mass is 35.5. The Morgan fingerprint density at radius 2 is 2.00 bits per heavy atom. The number of benzene rings is 1. The fourth-order valence-electron chi connectivity index (χ4n) is 3.05. The molecular weight excluding hydrogens is 314 g/mol. The Bertz CT molecular complexity index is 634. The maximum absolute atomic E-state index is 12.3. The van der Waals surface area contributed by atoms with Gasteiger partial charge in [-0.05, 0) is 42.5 Å². The molecule has 0 spiro atoms. The number of aromatic nitrogens is 2. The van der Waals surface area contributed by atoms with Crippen molar-refractivity contribution in [2.24, 2.45) is 5.92 Å². The number of H-pyrrole nitrogens is 1. The minimum Gasteiger partial charge on any atom is -0.388 e. The molecule has 1 aromatic heterocycles. The fourth-order valence-corrected chi connectivity index (χ4v) is 3.18. The molecule has 2 aromatic rings. The number of rotatable bonds is 4. The molecule has 1 unspecified atom stereocenters. The van der Waals surface area contributed by atoms with Crippen LogP contribution in [0.2, 0.25) is 5.02 Å². The Kier molecular flexibility index (Phi) is 4.98. The van der Waals surface area contributed by atoms with E-state index in [2.05, 4.69) is 10.2 Å². The monoisotopic (exact) mass is 333 g/mol. The molecule has 1 aliphatic rings. The number of halogens is 1. The van der Waals surface area contributed by atoms with Gasteiger partial charge in [0.1, 0.15) is 0 Å². The molecule has 122 valence electrons. The summed E-state index contributed by atoms with van der Waals surface area (Å²) in [5, 5.41) is 17.8. The lowest BCUT2D eigenvalue weighted by Gasteiger charge is -2.34. The molecular formula is C17H20ClN3O2. The lowest BCUT2D eigenvalue weighted by molar-refractivity contribution is -0.132. The Labute approximate surface area is 140 Å². The summed E-state index contributed by atoms with van der Waals surface area (Å²) < 4.78 is 0. The predicted molar refractivity (Wildman–Crippen MR) is 88.0 cm³/mol. The molecule has 0 radical (unpaired) electrons. The normalized spacial score (nSPS) is 17.2. The first-order valence-corrected chi connectivity index (χ1v) is 8.21. The zero-order chi connectivity index (χ0) is 16.2. The minimum atomic E-state index is -0.503. The van der Waals surface area contributed by atoms with Crippen LogP contribution < -0.4 is 0 Å². The van der Waals surface area contributed by atoms with Crippen LogP contribution >= 0.6 is 11.6 Å². The third-order valence-electron chi connectivity index (χ3n) is 4.45. The van der Waals surface area contributed by atoms with E-state index in [1.165, 1.54) is 0 Å². The average Bonchev–Trinajstić information content (AvgIpc) is 3.08. The zero-order valence-electron chi connectivity index (χ0n) is 12.8. The molecule has 6 heteroatoms. The van der Waals surface area contributed by atoms with E-state index in [0.717, 1.165) is 24.1 Å². The van der Waals surface area contributed by atoms with Crippen molar-refractivity contribution in [1.82, 2.24) is 15.1 Å². The number of likely N-dealkylation sites (tertiary alicyclic amines) is 1. The number of carbonyl (C=O) groups excluding carboxylic acids is 1. The molecule has 2 heterocycles. The van der Waals surface area contributed by atoms with E-state index in [1.54, 1.807) is 18.3 Å². The molecule has 1 saturated heterocycles. The minimum absolute atomic E-state index is 0.105.